The van der Waals surface area contributed by atoms with Gasteiger partial charge in [0.05, 0.1) is 11.6 Å². The Bertz CT molecular complexity index is 390. The molecule has 1 N–H and O–H groups in total. The molecule has 0 aliphatic heterocycles. The van der Waals surface area contributed by atoms with Crippen LogP contribution >= 0.6 is 11.3 Å². The minimum Gasteiger partial charge on any atom is -0.253 e. The molecule has 0 aromatic carbocycles. The first kappa shape index (κ1) is 10.1. The smallest absolute Gasteiger partial charge is 0.225 e. The summed E-state index contributed by atoms with van der Waals surface area (Å²) in [7, 11) is -3.44. The van der Waals surface area contributed by atoms with Gasteiger partial charge in [0, 0.05) is 17.6 Å². The van der Waals surface area contributed by atoms with Crippen LogP contribution in [0.2, 0.25) is 0 Å². The largest absolute Gasteiger partial charge is 0.253 e. The first-order chi connectivity index (χ1) is 6.14. The number of hydrogen-bond acceptors (Lipinski definition) is 5. The molecule has 0 aliphatic rings. The van der Waals surface area contributed by atoms with Gasteiger partial charge in [-0.3, -0.25) is 4.98 Å². The lowest BCUT2D eigenvalue weighted by molar-refractivity contribution is 0.585. The van der Waals surface area contributed by atoms with Crippen molar-refractivity contribution >= 4 is 21.4 Å². The molecule has 0 aliphatic carbocycles. The lowest BCUT2D eigenvalue weighted by atomic mass is 10.6. The van der Waals surface area contributed by atoms with Crippen molar-refractivity contribution in [3.8, 4) is 6.07 Å². The highest BCUT2D eigenvalue weighted by molar-refractivity contribution is 7.89. The van der Waals surface area contributed by atoms with Crippen LogP contribution in [0, 0.1) is 11.3 Å². The van der Waals surface area contributed by atoms with Crippen LogP contribution < -0.4 is 4.72 Å². The molecule has 0 unspecified atom stereocenters. The molecule has 0 saturated carbocycles. The van der Waals surface area contributed by atoms with E-state index < -0.39 is 15.8 Å². The van der Waals surface area contributed by atoms with E-state index in [1.807, 2.05) is 0 Å². The van der Waals surface area contributed by atoms with Gasteiger partial charge in [-0.2, -0.15) is 5.26 Å². The molecule has 13 heavy (non-hydrogen) atoms. The minimum absolute atomic E-state index is 0.203. The summed E-state index contributed by atoms with van der Waals surface area (Å²) >= 11 is 1.36. The summed E-state index contributed by atoms with van der Waals surface area (Å²) in [5, 5.41) is 8.18. The molecular formula is C6H7N3O2S2. The van der Waals surface area contributed by atoms with E-state index in [1.165, 1.54) is 11.3 Å². The predicted molar refractivity (Wildman–Crippen MR) is 48.4 cm³/mol. The van der Waals surface area contributed by atoms with Crippen molar-refractivity contribution in [1.82, 2.24) is 9.71 Å². The quantitative estimate of drug-likeness (QED) is 0.774. The fourth-order valence-corrected chi connectivity index (χ4v) is 1.92. The number of rotatable bonds is 4. The van der Waals surface area contributed by atoms with E-state index in [0.29, 0.717) is 0 Å². The van der Waals surface area contributed by atoms with E-state index in [2.05, 4.69) is 9.71 Å². The Morgan fingerprint density at radius 3 is 3.00 bits per heavy atom. The molecule has 1 aromatic heterocycles. The van der Waals surface area contributed by atoms with Crippen LogP contribution in [0.4, 0.5) is 0 Å². The molecule has 0 fully saturated rings. The van der Waals surface area contributed by atoms with Gasteiger partial charge in [0.15, 0.2) is 5.75 Å². The van der Waals surface area contributed by atoms with Crippen LogP contribution in [0.5, 0.6) is 0 Å². The predicted octanol–water partition coefficient (Wildman–Crippen LogP) is 0.0861. The zero-order valence-electron chi connectivity index (χ0n) is 6.60. The van der Waals surface area contributed by atoms with E-state index in [1.54, 1.807) is 17.8 Å². The third kappa shape index (κ3) is 3.50. The molecule has 0 saturated heterocycles. The van der Waals surface area contributed by atoms with Crippen molar-refractivity contribution in [3.63, 3.8) is 0 Å². The van der Waals surface area contributed by atoms with Gasteiger partial charge < -0.3 is 0 Å². The average molecular weight is 217 g/mol. The highest BCUT2D eigenvalue weighted by Gasteiger charge is 2.08. The van der Waals surface area contributed by atoms with Crippen LogP contribution in [0.15, 0.2) is 11.7 Å². The van der Waals surface area contributed by atoms with Crippen LogP contribution in [0.1, 0.15) is 4.88 Å². The van der Waals surface area contributed by atoms with Gasteiger partial charge in [0.25, 0.3) is 0 Å². The molecule has 1 rings (SSSR count). The average Bonchev–Trinajstić information content (AvgIpc) is 2.52. The summed E-state index contributed by atoms with van der Waals surface area (Å²) in [6.45, 7) is 0.203. The lowest BCUT2D eigenvalue weighted by Gasteiger charge is -1.99. The van der Waals surface area contributed by atoms with E-state index in [-0.39, 0.29) is 6.54 Å². The van der Waals surface area contributed by atoms with Gasteiger partial charge in [0.2, 0.25) is 10.0 Å². The molecule has 0 spiro atoms. The van der Waals surface area contributed by atoms with Crippen LogP contribution in [-0.4, -0.2) is 19.2 Å². The Labute approximate surface area is 80.1 Å². The van der Waals surface area contributed by atoms with E-state index in [4.69, 9.17) is 5.26 Å². The second-order valence-electron chi connectivity index (χ2n) is 2.21. The van der Waals surface area contributed by atoms with Gasteiger partial charge >= 0.3 is 0 Å². The second-order valence-corrected chi connectivity index (χ2v) is 4.98. The van der Waals surface area contributed by atoms with Gasteiger partial charge in [0.1, 0.15) is 0 Å². The number of nitriles is 1. The monoisotopic (exact) mass is 217 g/mol. The maximum Gasteiger partial charge on any atom is 0.225 e. The maximum atomic E-state index is 11.0. The molecule has 0 radical (unpaired) electrons. The number of hydrogen-bond donors (Lipinski definition) is 1. The molecule has 0 bridgehead atoms. The molecule has 7 heteroatoms. The van der Waals surface area contributed by atoms with Crippen molar-refractivity contribution in [1.29, 1.82) is 5.26 Å². The second kappa shape index (κ2) is 4.32. The molecule has 1 aromatic rings. The first-order valence-electron chi connectivity index (χ1n) is 3.36. The topological polar surface area (TPSA) is 82.8 Å². The molecular weight excluding hydrogens is 210 g/mol. The van der Waals surface area contributed by atoms with Gasteiger partial charge in [-0.15, -0.1) is 11.3 Å². The first-order valence-corrected chi connectivity index (χ1v) is 5.89. The van der Waals surface area contributed by atoms with Crippen LogP contribution in [-0.2, 0) is 16.6 Å². The summed E-state index contributed by atoms with van der Waals surface area (Å²) in [4.78, 5) is 4.61. The molecule has 1 heterocycles. The number of nitrogens with one attached hydrogen (secondary N) is 1. The summed E-state index contributed by atoms with van der Waals surface area (Å²) in [5.41, 5.74) is 1.62. The fourth-order valence-electron chi connectivity index (χ4n) is 0.647. The van der Waals surface area contributed by atoms with Crippen molar-refractivity contribution in [2.24, 2.45) is 0 Å². The third-order valence-corrected chi connectivity index (χ3v) is 3.08. The van der Waals surface area contributed by atoms with Crippen molar-refractivity contribution in [2.45, 2.75) is 6.54 Å². The number of sulfonamides is 1. The number of thiazole rings is 1. The number of aromatic nitrogens is 1. The van der Waals surface area contributed by atoms with Crippen LogP contribution in [0.25, 0.3) is 0 Å². The van der Waals surface area contributed by atoms with Crippen LogP contribution in [0.3, 0.4) is 0 Å². The lowest BCUT2D eigenvalue weighted by Crippen LogP contribution is -2.24. The molecule has 5 nitrogen and oxygen atoms in total. The van der Waals surface area contributed by atoms with Gasteiger partial charge in [-0.25, -0.2) is 13.1 Å². The van der Waals surface area contributed by atoms with E-state index in [9.17, 15) is 8.42 Å². The Balaban J connectivity index is 2.49. The Morgan fingerprint density at radius 2 is 2.46 bits per heavy atom. The van der Waals surface area contributed by atoms with Crippen molar-refractivity contribution in [3.05, 3.63) is 16.6 Å². The third-order valence-electron chi connectivity index (χ3n) is 1.20. The van der Waals surface area contributed by atoms with Crippen molar-refractivity contribution < 1.29 is 8.42 Å². The fraction of sp³-hybridized carbons (Fsp3) is 0.333. The Hall–Kier alpha value is -0.970. The Kier molecular flexibility index (Phi) is 3.36. The normalized spacial score (nSPS) is 11.0. The summed E-state index contributed by atoms with van der Waals surface area (Å²) in [6.07, 6.45) is 1.58. The maximum absolute atomic E-state index is 11.0. The Morgan fingerprint density at radius 1 is 1.69 bits per heavy atom. The highest BCUT2D eigenvalue weighted by atomic mass is 32.2. The molecule has 70 valence electrons. The SMILES string of the molecule is N#CCS(=O)(=O)NCc1cncs1. The zero-order chi connectivity index (χ0) is 9.73. The summed E-state index contributed by atoms with van der Waals surface area (Å²) in [6, 6.07) is 1.58. The summed E-state index contributed by atoms with van der Waals surface area (Å²) in [5.74, 6) is -0.508. The molecule has 0 atom stereocenters. The van der Waals surface area contributed by atoms with Gasteiger partial charge in [-0.1, -0.05) is 0 Å². The molecule has 0 amide bonds. The van der Waals surface area contributed by atoms with E-state index >= 15 is 0 Å². The van der Waals surface area contributed by atoms with Gasteiger partial charge in [-0.05, 0) is 0 Å². The van der Waals surface area contributed by atoms with E-state index in [0.717, 1.165) is 4.88 Å². The summed E-state index contributed by atoms with van der Waals surface area (Å²) < 4.78 is 24.2. The standard InChI is InChI=1S/C6H7N3O2S2/c7-1-2-13(10,11)9-4-6-3-8-5-12-6/h3,5,9H,2,4H2. The number of nitrogens with zero attached hydrogens (tertiary/aromatic N) is 2. The zero-order valence-corrected chi connectivity index (χ0v) is 8.23. The van der Waals surface area contributed by atoms with Crippen molar-refractivity contribution in [2.75, 3.05) is 5.75 Å². The highest BCUT2D eigenvalue weighted by Crippen LogP contribution is 2.04. The minimum atomic E-state index is -3.44.